The minimum Gasteiger partial charge on any atom is -0.496 e. The van der Waals surface area contributed by atoms with Gasteiger partial charge in [0.15, 0.2) is 0 Å². The van der Waals surface area contributed by atoms with E-state index in [9.17, 15) is 14.4 Å². The number of hydrogen-bond acceptors (Lipinski definition) is 7. The number of nitrogens with one attached hydrogen (secondary N) is 1. The molecule has 9 heteroatoms. The number of ether oxygens (including phenoxy) is 4. The van der Waals surface area contributed by atoms with Crippen molar-refractivity contribution < 1.29 is 33.3 Å². The zero-order chi connectivity index (χ0) is 25.6. The Morgan fingerprint density at radius 3 is 2.34 bits per heavy atom. The predicted molar refractivity (Wildman–Crippen MR) is 129 cm³/mol. The highest BCUT2D eigenvalue weighted by Gasteiger charge is 2.27. The molecule has 1 heterocycles. The van der Waals surface area contributed by atoms with Gasteiger partial charge in [-0.15, -0.1) is 0 Å². The molecule has 9 nitrogen and oxygen atoms in total. The normalized spacial score (nSPS) is 12.0. The molecule has 1 atom stereocenters. The molecular weight excluding hydrogens is 452 g/mol. The van der Waals surface area contributed by atoms with Gasteiger partial charge in [0, 0.05) is 18.0 Å². The van der Waals surface area contributed by atoms with Gasteiger partial charge in [0.2, 0.25) is 0 Å². The summed E-state index contributed by atoms with van der Waals surface area (Å²) in [6.07, 6.45) is 0.257. The molecule has 35 heavy (non-hydrogen) atoms. The van der Waals surface area contributed by atoms with Crippen molar-refractivity contribution in [3.8, 4) is 5.75 Å². The number of carbonyl (C=O) groups is 3. The average molecular weight is 483 g/mol. The summed E-state index contributed by atoms with van der Waals surface area (Å²) in [7, 11) is 2.75. The van der Waals surface area contributed by atoms with Gasteiger partial charge in [-0.25, -0.2) is 14.4 Å². The second-order valence-corrected chi connectivity index (χ2v) is 8.85. The molecule has 3 aromatic rings. The molecule has 0 saturated carbocycles. The van der Waals surface area contributed by atoms with Crippen LogP contribution in [0.25, 0.3) is 10.9 Å². The van der Waals surface area contributed by atoms with Crippen LogP contribution in [0, 0.1) is 0 Å². The lowest BCUT2D eigenvalue weighted by atomic mass is 10.0. The summed E-state index contributed by atoms with van der Waals surface area (Å²) in [5.74, 6) is -0.148. The van der Waals surface area contributed by atoms with Crippen molar-refractivity contribution >= 4 is 29.1 Å². The fraction of sp³-hybridized carbons (Fsp3) is 0.346. The van der Waals surface area contributed by atoms with E-state index in [2.05, 4.69) is 5.32 Å². The Bertz CT molecular complexity index is 1200. The Hall–Kier alpha value is -4.01. The number of benzene rings is 2. The highest BCUT2D eigenvalue weighted by molar-refractivity contribution is 5.96. The van der Waals surface area contributed by atoms with Gasteiger partial charge in [-0.3, -0.25) is 4.57 Å². The van der Waals surface area contributed by atoms with Gasteiger partial charge < -0.3 is 24.3 Å². The summed E-state index contributed by atoms with van der Waals surface area (Å²) in [5, 5.41) is 3.18. The van der Waals surface area contributed by atoms with E-state index in [0.29, 0.717) is 22.2 Å². The number of alkyl carbamates (subject to hydrolysis) is 1. The molecule has 1 unspecified atom stereocenters. The maximum Gasteiger partial charge on any atom is 0.419 e. The van der Waals surface area contributed by atoms with E-state index in [1.165, 1.54) is 18.8 Å². The number of fused-ring (bicyclic) bond motifs is 1. The molecule has 0 radical (unpaired) electrons. The van der Waals surface area contributed by atoms with Crippen molar-refractivity contribution in [3.63, 3.8) is 0 Å². The first-order chi connectivity index (χ1) is 16.6. The summed E-state index contributed by atoms with van der Waals surface area (Å²) in [5.41, 5.74) is 1.24. The van der Waals surface area contributed by atoms with Gasteiger partial charge >= 0.3 is 18.2 Å². The van der Waals surface area contributed by atoms with E-state index < -0.39 is 29.8 Å². The molecular formula is C26H30N2O7. The number of esters is 1. The molecule has 1 amide bonds. The quantitative estimate of drug-likeness (QED) is 0.392. The first-order valence-electron chi connectivity index (χ1n) is 11.1. The van der Waals surface area contributed by atoms with E-state index >= 15 is 0 Å². The third-order valence-corrected chi connectivity index (χ3v) is 5.09. The molecule has 3 rings (SSSR count). The van der Waals surface area contributed by atoms with Gasteiger partial charge in [0.1, 0.15) is 24.0 Å². The minimum atomic E-state index is -1.06. The van der Waals surface area contributed by atoms with Crippen LogP contribution in [-0.2, 0) is 32.0 Å². The van der Waals surface area contributed by atoms with Gasteiger partial charge in [-0.2, -0.15) is 0 Å². The van der Waals surface area contributed by atoms with E-state index in [1.807, 2.05) is 30.3 Å². The second-order valence-electron chi connectivity index (χ2n) is 8.85. The maximum atomic E-state index is 12.9. The standard InChI is InChI=1S/C26H30N2O7/c1-26(2,3)35-25(31)28-15-18(22-20(28)12-9-13-21(22)32-4)14-19(23(29)33-5)27-24(30)34-16-17-10-7-6-8-11-17/h6-13,15,19H,14,16H2,1-5H3,(H,27,30). The fourth-order valence-electron chi connectivity index (χ4n) is 3.58. The number of nitrogens with zero attached hydrogens (tertiary/aromatic N) is 1. The molecule has 186 valence electrons. The van der Waals surface area contributed by atoms with Crippen LogP contribution in [0.3, 0.4) is 0 Å². The number of methoxy groups -OCH3 is 2. The van der Waals surface area contributed by atoms with E-state index in [-0.39, 0.29) is 13.0 Å². The molecule has 1 aromatic heterocycles. The van der Waals surface area contributed by atoms with Crippen molar-refractivity contribution in [3.05, 3.63) is 65.9 Å². The number of hydrogen-bond donors (Lipinski definition) is 1. The molecule has 1 N–H and O–H groups in total. The SMILES string of the molecule is COC(=O)C(Cc1cn(C(=O)OC(C)(C)C)c2cccc(OC)c12)NC(=O)OCc1ccccc1. The highest BCUT2D eigenvalue weighted by atomic mass is 16.6. The Morgan fingerprint density at radius 1 is 1.00 bits per heavy atom. The summed E-state index contributed by atoms with van der Waals surface area (Å²) < 4.78 is 22.6. The van der Waals surface area contributed by atoms with Crippen molar-refractivity contribution in [2.45, 2.75) is 45.4 Å². The number of amides is 1. The smallest absolute Gasteiger partial charge is 0.419 e. The Morgan fingerprint density at radius 2 is 1.71 bits per heavy atom. The zero-order valence-electron chi connectivity index (χ0n) is 20.5. The van der Waals surface area contributed by atoms with Crippen LogP contribution < -0.4 is 10.1 Å². The van der Waals surface area contributed by atoms with Gasteiger partial charge in [0.05, 0.1) is 19.7 Å². The molecule has 0 fully saturated rings. The Balaban J connectivity index is 1.89. The summed E-state index contributed by atoms with van der Waals surface area (Å²) >= 11 is 0. The minimum absolute atomic E-state index is 0.0276. The van der Waals surface area contributed by atoms with E-state index in [0.717, 1.165) is 5.56 Å². The predicted octanol–water partition coefficient (Wildman–Crippen LogP) is 4.44. The summed E-state index contributed by atoms with van der Waals surface area (Å²) in [4.78, 5) is 37.9. The summed E-state index contributed by atoms with van der Waals surface area (Å²) in [6, 6.07) is 13.4. The van der Waals surface area contributed by atoms with E-state index in [1.54, 1.807) is 45.2 Å². The summed E-state index contributed by atoms with van der Waals surface area (Å²) in [6.45, 7) is 5.37. The zero-order valence-corrected chi connectivity index (χ0v) is 20.5. The first kappa shape index (κ1) is 25.6. The van der Waals surface area contributed by atoms with Crippen LogP contribution in [0.15, 0.2) is 54.7 Å². The van der Waals surface area contributed by atoms with Crippen LogP contribution in [0.2, 0.25) is 0 Å². The van der Waals surface area contributed by atoms with Crippen molar-refractivity contribution in [2.24, 2.45) is 0 Å². The van der Waals surface area contributed by atoms with Gasteiger partial charge in [-0.05, 0) is 44.0 Å². The maximum absolute atomic E-state index is 12.9. The monoisotopic (exact) mass is 482 g/mol. The number of aromatic nitrogens is 1. The van der Waals surface area contributed by atoms with Crippen LogP contribution in [0.1, 0.15) is 31.9 Å². The molecule has 0 bridgehead atoms. The van der Waals surface area contributed by atoms with Crippen molar-refractivity contribution in [2.75, 3.05) is 14.2 Å². The Labute approximate surface area is 203 Å². The molecule has 0 aliphatic carbocycles. The van der Waals surface area contributed by atoms with Crippen LogP contribution in [0.4, 0.5) is 9.59 Å². The molecule has 2 aromatic carbocycles. The number of carbonyl (C=O) groups excluding carboxylic acids is 3. The lowest BCUT2D eigenvalue weighted by molar-refractivity contribution is -0.143. The lowest BCUT2D eigenvalue weighted by Crippen LogP contribution is -2.43. The van der Waals surface area contributed by atoms with Crippen LogP contribution in [-0.4, -0.2) is 48.6 Å². The Kier molecular flexibility index (Phi) is 8.01. The van der Waals surface area contributed by atoms with Crippen molar-refractivity contribution in [1.29, 1.82) is 0 Å². The second kappa shape index (κ2) is 10.9. The molecule has 0 spiro atoms. The molecule has 0 aliphatic rings. The van der Waals surface area contributed by atoms with E-state index in [4.69, 9.17) is 18.9 Å². The van der Waals surface area contributed by atoms with Gasteiger partial charge in [0.25, 0.3) is 0 Å². The highest BCUT2D eigenvalue weighted by Crippen LogP contribution is 2.32. The number of rotatable bonds is 7. The first-order valence-corrected chi connectivity index (χ1v) is 11.1. The van der Waals surface area contributed by atoms with Crippen LogP contribution >= 0.6 is 0 Å². The molecule has 0 saturated heterocycles. The lowest BCUT2D eigenvalue weighted by Gasteiger charge is -2.19. The fourth-order valence-corrected chi connectivity index (χ4v) is 3.58. The topological polar surface area (TPSA) is 105 Å². The third kappa shape index (κ3) is 6.53. The van der Waals surface area contributed by atoms with Gasteiger partial charge in [-0.1, -0.05) is 36.4 Å². The van der Waals surface area contributed by atoms with Crippen LogP contribution in [0.5, 0.6) is 5.75 Å². The average Bonchev–Trinajstić information content (AvgIpc) is 3.20. The third-order valence-electron chi connectivity index (χ3n) is 5.09. The molecule has 0 aliphatic heterocycles. The largest absolute Gasteiger partial charge is 0.496 e. The van der Waals surface area contributed by atoms with Crippen molar-refractivity contribution in [1.82, 2.24) is 9.88 Å².